The number of carbonyl (C=O) groups excluding carboxylic acids is 1. The maximum atomic E-state index is 12.4. The zero-order valence-electron chi connectivity index (χ0n) is 20.9. The molecule has 0 saturated carbocycles. The van der Waals surface area contributed by atoms with E-state index in [0.717, 1.165) is 59.7 Å². The van der Waals surface area contributed by atoms with Gasteiger partial charge in [0, 0.05) is 36.1 Å². The third-order valence-electron chi connectivity index (χ3n) is 7.13. The maximum absolute atomic E-state index is 12.4. The van der Waals surface area contributed by atoms with Gasteiger partial charge in [0.1, 0.15) is 5.60 Å². The van der Waals surface area contributed by atoms with Crippen molar-refractivity contribution in [2.24, 2.45) is 0 Å². The van der Waals surface area contributed by atoms with Crippen LogP contribution in [0.25, 0.3) is 11.1 Å². The van der Waals surface area contributed by atoms with Gasteiger partial charge in [-0.15, -0.1) is 5.06 Å². The van der Waals surface area contributed by atoms with Gasteiger partial charge in [-0.25, -0.2) is 4.79 Å². The van der Waals surface area contributed by atoms with Gasteiger partial charge in [-0.2, -0.15) is 0 Å². The number of benzene rings is 2. The highest BCUT2D eigenvalue weighted by molar-refractivity contribution is 5.81. The summed E-state index contributed by atoms with van der Waals surface area (Å²) < 4.78 is 11.8. The monoisotopic (exact) mass is 485 g/mol. The number of hydroxylamine groups is 2. The first-order valence-electron chi connectivity index (χ1n) is 12.7. The highest BCUT2D eigenvalue weighted by Gasteiger charge is 2.47. The number of nitrogens with zero attached hydrogens (tertiary/aromatic N) is 3. The Morgan fingerprint density at radius 3 is 2.39 bits per heavy atom. The topological polar surface area (TPSA) is 64.1 Å². The number of hydrogen-bond donors (Lipinski definition) is 0. The molecule has 186 valence electrons. The molecule has 36 heavy (non-hydrogen) atoms. The van der Waals surface area contributed by atoms with Gasteiger partial charge in [-0.05, 0) is 82.3 Å². The molecule has 6 rings (SSSR count). The predicted molar refractivity (Wildman–Crippen MR) is 137 cm³/mol. The smallest absolute Gasteiger partial charge is 0.453 e. The molecule has 0 amide bonds. The first-order chi connectivity index (χ1) is 17.4. The highest BCUT2D eigenvalue weighted by atomic mass is 16.8. The second-order valence-corrected chi connectivity index (χ2v) is 10.8. The van der Waals surface area contributed by atoms with Crippen LogP contribution < -0.4 is 9.64 Å². The van der Waals surface area contributed by atoms with Crippen LogP contribution in [0.2, 0.25) is 0 Å². The Bertz CT molecular complexity index is 1260. The van der Waals surface area contributed by atoms with Crippen LogP contribution >= 0.6 is 0 Å². The number of rotatable bonds is 3. The standard InChI is InChI=1S/C29H31N3O4/c1-29(2,3)35-28(33)36-32-21-11-12-22(32)17-23(16-21)31-24-8-4-5-9-26(24)34-27-15-19(10-13-25(27)31)20-7-6-14-30-18-20/h4-10,13-15,18,21-23H,11-12,16-17H2,1-3H3. The Morgan fingerprint density at radius 1 is 0.917 bits per heavy atom. The molecule has 3 aliphatic rings. The molecule has 2 saturated heterocycles. The lowest BCUT2D eigenvalue weighted by Gasteiger charge is -2.44. The molecule has 2 aromatic carbocycles. The predicted octanol–water partition coefficient (Wildman–Crippen LogP) is 6.85. The van der Waals surface area contributed by atoms with Crippen LogP contribution in [-0.2, 0) is 9.57 Å². The van der Waals surface area contributed by atoms with Gasteiger partial charge in [-0.3, -0.25) is 4.98 Å². The lowest BCUT2D eigenvalue weighted by Crippen LogP contribution is -2.50. The van der Waals surface area contributed by atoms with E-state index < -0.39 is 11.8 Å². The molecule has 3 aliphatic heterocycles. The van der Waals surface area contributed by atoms with E-state index >= 15 is 0 Å². The molecule has 0 spiro atoms. The Morgan fingerprint density at radius 2 is 1.67 bits per heavy atom. The molecule has 2 fully saturated rings. The molecule has 3 aromatic rings. The molecule has 2 atom stereocenters. The number of hydrogen-bond acceptors (Lipinski definition) is 7. The van der Waals surface area contributed by atoms with Crippen LogP contribution in [-0.4, -0.2) is 39.9 Å². The van der Waals surface area contributed by atoms with Gasteiger partial charge in [0.2, 0.25) is 0 Å². The largest absolute Gasteiger partial charge is 0.528 e. The quantitative estimate of drug-likeness (QED) is 0.376. The Labute approximate surface area is 211 Å². The van der Waals surface area contributed by atoms with E-state index in [1.54, 1.807) is 6.20 Å². The summed E-state index contributed by atoms with van der Waals surface area (Å²) in [4.78, 5) is 24.8. The maximum Gasteiger partial charge on any atom is 0.528 e. The zero-order valence-corrected chi connectivity index (χ0v) is 20.9. The molecule has 0 aliphatic carbocycles. The molecule has 4 heterocycles. The van der Waals surface area contributed by atoms with Crippen LogP contribution in [0.4, 0.5) is 16.2 Å². The first-order valence-corrected chi connectivity index (χ1v) is 12.7. The number of anilines is 2. The molecular formula is C29H31N3O4. The summed E-state index contributed by atoms with van der Waals surface area (Å²) >= 11 is 0. The molecule has 0 N–H and O–H groups in total. The van der Waals surface area contributed by atoms with Crippen molar-refractivity contribution >= 4 is 17.5 Å². The van der Waals surface area contributed by atoms with Crippen molar-refractivity contribution in [2.45, 2.75) is 70.2 Å². The fraction of sp³-hybridized carbons (Fsp3) is 0.379. The van der Waals surface area contributed by atoms with Gasteiger partial charge in [0.15, 0.2) is 11.5 Å². The second-order valence-electron chi connectivity index (χ2n) is 10.8. The molecule has 1 aromatic heterocycles. The average Bonchev–Trinajstić information content (AvgIpc) is 3.07. The Balaban J connectivity index is 1.29. The van der Waals surface area contributed by atoms with Crippen molar-refractivity contribution in [2.75, 3.05) is 4.90 Å². The molecule has 7 heteroatoms. The Hall–Kier alpha value is -3.58. The fourth-order valence-electron chi connectivity index (χ4n) is 5.71. The molecule has 2 unspecified atom stereocenters. The van der Waals surface area contributed by atoms with Gasteiger partial charge >= 0.3 is 6.16 Å². The third kappa shape index (κ3) is 4.28. The number of fused-ring (bicyclic) bond motifs is 4. The number of pyridine rings is 1. The normalized spacial score (nSPS) is 22.9. The minimum Gasteiger partial charge on any atom is -0.453 e. The zero-order chi connectivity index (χ0) is 24.9. The van der Waals surface area contributed by atoms with Gasteiger partial charge in [-0.1, -0.05) is 24.3 Å². The molecule has 0 radical (unpaired) electrons. The average molecular weight is 486 g/mol. The van der Waals surface area contributed by atoms with Gasteiger partial charge in [0.25, 0.3) is 0 Å². The first kappa shape index (κ1) is 22.9. The molecule has 2 bridgehead atoms. The van der Waals surface area contributed by atoms with Crippen molar-refractivity contribution in [1.82, 2.24) is 10.0 Å². The Kier molecular flexibility index (Phi) is 5.60. The van der Waals surface area contributed by atoms with Gasteiger partial charge < -0.3 is 19.2 Å². The van der Waals surface area contributed by atoms with E-state index in [9.17, 15) is 4.79 Å². The van der Waals surface area contributed by atoms with Crippen LogP contribution in [0.3, 0.4) is 0 Å². The summed E-state index contributed by atoms with van der Waals surface area (Å²) in [5.41, 5.74) is 3.68. The lowest BCUT2D eigenvalue weighted by molar-refractivity contribution is -0.183. The van der Waals surface area contributed by atoms with E-state index in [2.05, 4.69) is 46.3 Å². The van der Waals surface area contributed by atoms with E-state index in [0.29, 0.717) is 0 Å². The van der Waals surface area contributed by atoms with Crippen molar-refractivity contribution < 1.29 is 19.1 Å². The van der Waals surface area contributed by atoms with Gasteiger partial charge in [0.05, 0.1) is 11.4 Å². The van der Waals surface area contributed by atoms with Crippen molar-refractivity contribution in [3.8, 4) is 22.6 Å². The summed E-state index contributed by atoms with van der Waals surface area (Å²) in [6.45, 7) is 5.55. The summed E-state index contributed by atoms with van der Waals surface area (Å²) in [5, 5.41) is 1.89. The number of para-hydroxylation sites is 2. The summed E-state index contributed by atoms with van der Waals surface area (Å²) in [7, 11) is 0. The van der Waals surface area contributed by atoms with E-state index in [1.807, 2.05) is 50.2 Å². The number of ether oxygens (including phenoxy) is 2. The third-order valence-corrected chi connectivity index (χ3v) is 7.13. The number of aromatic nitrogens is 1. The number of piperidine rings is 1. The molecular weight excluding hydrogens is 454 g/mol. The summed E-state index contributed by atoms with van der Waals surface area (Å²) in [6, 6.07) is 19.2. The lowest BCUT2D eigenvalue weighted by atomic mass is 9.95. The number of carbonyl (C=O) groups is 1. The van der Waals surface area contributed by atoms with Crippen molar-refractivity contribution in [3.63, 3.8) is 0 Å². The van der Waals surface area contributed by atoms with Crippen molar-refractivity contribution in [3.05, 3.63) is 67.0 Å². The van der Waals surface area contributed by atoms with Crippen LogP contribution in [0.1, 0.15) is 46.5 Å². The van der Waals surface area contributed by atoms with E-state index in [-0.39, 0.29) is 18.1 Å². The van der Waals surface area contributed by atoms with Crippen LogP contribution in [0.5, 0.6) is 11.5 Å². The minimum absolute atomic E-state index is 0.161. The van der Waals surface area contributed by atoms with E-state index in [1.165, 1.54) is 0 Å². The fourth-order valence-corrected chi connectivity index (χ4v) is 5.71. The second kappa shape index (κ2) is 8.82. The van der Waals surface area contributed by atoms with Crippen molar-refractivity contribution in [1.29, 1.82) is 0 Å². The van der Waals surface area contributed by atoms with Crippen LogP contribution in [0, 0.1) is 0 Å². The van der Waals surface area contributed by atoms with E-state index in [4.69, 9.17) is 14.3 Å². The minimum atomic E-state index is -0.622. The summed E-state index contributed by atoms with van der Waals surface area (Å²) in [5.74, 6) is 1.70. The molecule has 7 nitrogen and oxygen atoms in total. The van der Waals surface area contributed by atoms with Crippen LogP contribution in [0.15, 0.2) is 67.0 Å². The summed E-state index contributed by atoms with van der Waals surface area (Å²) in [6.07, 6.45) is 6.81. The highest BCUT2D eigenvalue weighted by Crippen LogP contribution is 2.51. The SMILES string of the molecule is CC(C)(C)OC(=O)ON1C2CCC1CC(N1c3ccccc3Oc3cc(-c4cccnc4)ccc31)C2.